The molecule has 1 aliphatic heterocycles. The van der Waals surface area contributed by atoms with Gasteiger partial charge in [-0.25, -0.2) is 0 Å². The summed E-state index contributed by atoms with van der Waals surface area (Å²) in [6.07, 6.45) is 8.96. The number of carbonyl (C=O) groups is 1. The normalized spacial score (nSPS) is 17.9. The molecule has 0 spiro atoms. The average Bonchev–Trinajstić information content (AvgIpc) is 2.63. The van der Waals surface area contributed by atoms with Crippen molar-refractivity contribution in [3.63, 3.8) is 0 Å². The maximum Gasteiger partial charge on any atom is 0.255 e. The molecule has 1 fully saturated rings. The van der Waals surface area contributed by atoms with Gasteiger partial charge in [-0.1, -0.05) is 30.3 Å². The van der Waals surface area contributed by atoms with Crippen molar-refractivity contribution in [3.05, 3.63) is 59.9 Å². The summed E-state index contributed by atoms with van der Waals surface area (Å²) in [6.45, 7) is 1.73. The summed E-state index contributed by atoms with van der Waals surface area (Å²) in [6, 6.07) is 12.4. The smallest absolute Gasteiger partial charge is 0.255 e. The van der Waals surface area contributed by atoms with Gasteiger partial charge in [0.25, 0.3) is 5.91 Å². The summed E-state index contributed by atoms with van der Waals surface area (Å²) in [4.78, 5) is 14.5. The van der Waals surface area contributed by atoms with E-state index in [0.29, 0.717) is 11.5 Å². The molecule has 1 aromatic heterocycles. The molecule has 0 saturated carbocycles. The van der Waals surface area contributed by atoms with Crippen LogP contribution in [0, 0.1) is 5.92 Å². The quantitative estimate of drug-likeness (QED) is 0.851. The van der Waals surface area contributed by atoms with Gasteiger partial charge in [0.15, 0.2) is 0 Å². The van der Waals surface area contributed by atoms with Crippen molar-refractivity contribution in [2.24, 2.45) is 5.92 Å². The van der Waals surface area contributed by atoms with Crippen LogP contribution in [0.4, 0.5) is 0 Å². The molecule has 2 aromatic rings. The number of nitrogens with zero attached hydrogens (tertiary/aromatic N) is 3. The summed E-state index contributed by atoms with van der Waals surface area (Å²) in [5.74, 6) is 0.707. The van der Waals surface area contributed by atoms with Crippen LogP contribution in [0.5, 0.6) is 0 Å². The molecule has 3 rings (SSSR count). The Morgan fingerprint density at radius 2 is 2.04 bits per heavy atom. The van der Waals surface area contributed by atoms with Gasteiger partial charge in [-0.15, -0.1) is 0 Å². The van der Waals surface area contributed by atoms with Gasteiger partial charge in [0.05, 0.1) is 18.0 Å². The zero-order valence-electron chi connectivity index (χ0n) is 13.4. The molecule has 1 amide bonds. The third-order valence-electron chi connectivity index (χ3n) is 4.56. The number of likely N-dealkylation sites (tertiary alicyclic amines) is 1. The zero-order valence-corrected chi connectivity index (χ0v) is 13.4. The van der Waals surface area contributed by atoms with E-state index in [4.69, 9.17) is 0 Å². The first-order valence-electron chi connectivity index (χ1n) is 8.43. The van der Waals surface area contributed by atoms with Crippen LogP contribution in [0.25, 0.3) is 0 Å². The molecule has 120 valence electrons. The summed E-state index contributed by atoms with van der Waals surface area (Å²) in [7, 11) is 0. The van der Waals surface area contributed by atoms with Gasteiger partial charge in [-0.2, -0.15) is 10.2 Å². The fourth-order valence-corrected chi connectivity index (χ4v) is 3.32. The fraction of sp³-hybridized carbons (Fsp3) is 0.421. The highest BCUT2D eigenvalue weighted by Gasteiger charge is 2.24. The average molecular weight is 309 g/mol. The Balaban J connectivity index is 1.49. The SMILES string of the molecule is O=C(c1ccnnc1)N1CCC[C@H](CCCc2ccccc2)C1. The van der Waals surface area contributed by atoms with Crippen molar-refractivity contribution in [3.8, 4) is 0 Å². The first kappa shape index (κ1) is 15.7. The lowest BCUT2D eigenvalue weighted by Gasteiger charge is -2.32. The van der Waals surface area contributed by atoms with Gasteiger partial charge in [0.1, 0.15) is 0 Å². The van der Waals surface area contributed by atoms with Crippen LogP contribution >= 0.6 is 0 Å². The van der Waals surface area contributed by atoms with Crippen LogP contribution in [0.3, 0.4) is 0 Å². The molecule has 1 atom stereocenters. The second kappa shape index (κ2) is 7.86. The molecule has 23 heavy (non-hydrogen) atoms. The molecule has 0 unspecified atom stereocenters. The summed E-state index contributed by atoms with van der Waals surface area (Å²) >= 11 is 0. The number of piperidine rings is 1. The van der Waals surface area contributed by atoms with Gasteiger partial charge >= 0.3 is 0 Å². The number of hydrogen-bond donors (Lipinski definition) is 0. The van der Waals surface area contributed by atoms with E-state index in [-0.39, 0.29) is 5.91 Å². The summed E-state index contributed by atoms with van der Waals surface area (Å²) in [5.41, 5.74) is 2.05. The van der Waals surface area contributed by atoms with Crippen molar-refractivity contribution in [1.82, 2.24) is 15.1 Å². The standard InChI is InChI=1S/C19H23N3O/c23-19(18-11-12-20-21-14-18)22-13-5-10-17(15-22)9-4-8-16-6-2-1-3-7-16/h1-3,6-7,11-12,14,17H,4-5,8-10,13,15H2/t17-/m0/s1. The highest BCUT2D eigenvalue weighted by molar-refractivity contribution is 5.93. The fourth-order valence-electron chi connectivity index (χ4n) is 3.32. The third-order valence-corrected chi connectivity index (χ3v) is 4.56. The number of aryl methyl sites for hydroxylation is 1. The Kier molecular flexibility index (Phi) is 5.35. The van der Waals surface area contributed by atoms with E-state index >= 15 is 0 Å². The number of aromatic nitrogens is 2. The van der Waals surface area contributed by atoms with E-state index in [9.17, 15) is 4.79 Å². The molecule has 4 nitrogen and oxygen atoms in total. The predicted octanol–water partition coefficient (Wildman–Crippen LogP) is 3.35. The van der Waals surface area contributed by atoms with E-state index in [1.54, 1.807) is 18.5 Å². The molecule has 1 aliphatic rings. The van der Waals surface area contributed by atoms with Gasteiger partial charge in [0.2, 0.25) is 0 Å². The second-order valence-electron chi connectivity index (χ2n) is 6.27. The Labute approximate surface area is 137 Å². The number of carbonyl (C=O) groups excluding carboxylic acids is 1. The van der Waals surface area contributed by atoms with E-state index in [1.807, 2.05) is 4.90 Å². The molecular weight excluding hydrogens is 286 g/mol. The van der Waals surface area contributed by atoms with Crippen molar-refractivity contribution in [2.45, 2.75) is 32.1 Å². The van der Waals surface area contributed by atoms with Crippen molar-refractivity contribution >= 4 is 5.91 Å². The maximum absolute atomic E-state index is 12.5. The monoisotopic (exact) mass is 309 g/mol. The molecule has 0 bridgehead atoms. The van der Waals surface area contributed by atoms with E-state index in [0.717, 1.165) is 25.9 Å². The van der Waals surface area contributed by atoms with Gasteiger partial charge in [-0.05, 0) is 49.7 Å². The van der Waals surface area contributed by atoms with Gasteiger partial charge < -0.3 is 4.90 Å². The molecule has 1 aromatic carbocycles. The van der Waals surface area contributed by atoms with Crippen molar-refractivity contribution in [2.75, 3.05) is 13.1 Å². The summed E-state index contributed by atoms with van der Waals surface area (Å²) in [5, 5.41) is 7.54. The Morgan fingerprint density at radius 1 is 1.17 bits per heavy atom. The van der Waals surface area contributed by atoms with Crippen molar-refractivity contribution < 1.29 is 4.79 Å². The van der Waals surface area contributed by atoms with Crippen LogP contribution in [0.1, 0.15) is 41.6 Å². The van der Waals surface area contributed by atoms with Gasteiger partial charge in [0, 0.05) is 13.1 Å². The number of amides is 1. The molecule has 1 saturated heterocycles. The minimum atomic E-state index is 0.0904. The van der Waals surface area contributed by atoms with Crippen LogP contribution in [0.2, 0.25) is 0 Å². The molecule has 0 N–H and O–H groups in total. The Hall–Kier alpha value is -2.23. The molecule has 4 heteroatoms. The molecule has 2 heterocycles. The van der Waals surface area contributed by atoms with Gasteiger partial charge in [-0.3, -0.25) is 4.79 Å². The van der Waals surface area contributed by atoms with E-state index in [1.165, 1.54) is 24.8 Å². The molecular formula is C19H23N3O. The Morgan fingerprint density at radius 3 is 2.83 bits per heavy atom. The van der Waals surface area contributed by atoms with E-state index in [2.05, 4.69) is 40.5 Å². The topological polar surface area (TPSA) is 46.1 Å². The maximum atomic E-state index is 12.5. The lowest BCUT2D eigenvalue weighted by molar-refractivity contribution is 0.0666. The molecule has 0 radical (unpaired) electrons. The third kappa shape index (κ3) is 4.38. The first-order chi connectivity index (χ1) is 11.3. The largest absolute Gasteiger partial charge is 0.338 e. The number of rotatable bonds is 5. The first-order valence-corrected chi connectivity index (χ1v) is 8.43. The number of hydrogen-bond acceptors (Lipinski definition) is 3. The highest BCUT2D eigenvalue weighted by atomic mass is 16.2. The Bertz CT molecular complexity index is 615. The van der Waals surface area contributed by atoms with E-state index < -0.39 is 0 Å². The summed E-state index contributed by atoms with van der Waals surface area (Å²) < 4.78 is 0. The van der Waals surface area contributed by atoms with Crippen LogP contribution in [0.15, 0.2) is 48.8 Å². The molecule has 0 aliphatic carbocycles. The van der Waals surface area contributed by atoms with Crippen LogP contribution in [-0.2, 0) is 6.42 Å². The highest BCUT2D eigenvalue weighted by Crippen LogP contribution is 2.23. The second-order valence-corrected chi connectivity index (χ2v) is 6.27. The minimum Gasteiger partial charge on any atom is -0.338 e. The van der Waals surface area contributed by atoms with Crippen LogP contribution in [-0.4, -0.2) is 34.1 Å². The lowest BCUT2D eigenvalue weighted by atomic mass is 9.91. The zero-order chi connectivity index (χ0) is 15.9. The van der Waals surface area contributed by atoms with Crippen LogP contribution < -0.4 is 0 Å². The predicted molar refractivity (Wildman–Crippen MR) is 90.0 cm³/mol. The minimum absolute atomic E-state index is 0.0904. The lowest BCUT2D eigenvalue weighted by Crippen LogP contribution is -2.40. The van der Waals surface area contributed by atoms with Crippen molar-refractivity contribution in [1.29, 1.82) is 0 Å². The number of benzene rings is 1.